The molecule has 1 saturated heterocycles. The molecule has 1 aromatic rings. The van der Waals surface area contributed by atoms with Gasteiger partial charge in [0.15, 0.2) is 0 Å². The van der Waals surface area contributed by atoms with Crippen LogP contribution in [-0.2, 0) is 14.3 Å². The third-order valence-electron chi connectivity index (χ3n) is 4.53. The van der Waals surface area contributed by atoms with Crippen LogP contribution in [0.3, 0.4) is 0 Å². The summed E-state index contributed by atoms with van der Waals surface area (Å²) in [7, 11) is 0. The summed E-state index contributed by atoms with van der Waals surface area (Å²) in [5.41, 5.74) is 1.19. The quantitative estimate of drug-likeness (QED) is 0.842. The van der Waals surface area contributed by atoms with Crippen LogP contribution in [0.2, 0.25) is 0 Å². The molecule has 0 spiro atoms. The van der Waals surface area contributed by atoms with Gasteiger partial charge in [-0.05, 0) is 37.7 Å². The normalized spacial score (nSPS) is 25.9. The van der Waals surface area contributed by atoms with Crippen molar-refractivity contribution in [3.8, 4) is 0 Å². The molecule has 2 aliphatic rings. The third-order valence-corrected chi connectivity index (χ3v) is 4.53. The number of amides is 1. The van der Waals surface area contributed by atoms with E-state index in [1.165, 1.54) is 18.4 Å². The van der Waals surface area contributed by atoms with Crippen LogP contribution >= 0.6 is 0 Å². The molecule has 4 nitrogen and oxygen atoms in total. The summed E-state index contributed by atoms with van der Waals surface area (Å²) in [6.45, 7) is 3.95. The minimum atomic E-state index is -0.363. The lowest BCUT2D eigenvalue weighted by atomic mass is 9.95. The van der Waals surface area contributed by atoms with Gasteiger partial charge in [-0.1, -0.05) is 30.3 Å². The molecule has 1 heterocycles. The molecule has 1 aliphatic carbocycles. The SMILES string of the molecule is C[C@@H](OCC1CC1)C(=O)NC[C@H]1CCO[C@@H]1c1ccccc1. The number of benzene rings is 1. The number of hydrogen-bond acceptors (Lipinski definition) is 3. The number of carbonyl (C=O) groups is 1. The molecule has 120 valence electrons. The van der Waals surface area contributed by atoms with Gasteiger partial charge >= 0.3 is 0 Å². The van der Waals surface area contributed by atoms with Gasteiger partial charge in [-0.15, -0.1) is 0 Å². The summed E-state index contributed by atoms with van der Waals surface area (Å²) < 4.78 is 11.5. The van der Waals surface area contributed by atoms with Gasteiger partial charge in [0.05, 0.1) is 12.7 Å². The zero-order chi connectivity index (χ0) is 15.4. The molecule has 1 amide bonds. The zero-order valence-corrected chi connectivity index (χ0v) is 13.2. The van der Waals surface area contributed by atoms with Crippen LogP contribution in [0.4, 0.5) is 0 Å². The summed E-state index contributed by atoms with van der Waals surface area (Å²) in [5.74, 6) is 1.00. The number of rotatable bonds is 7. The molecule has 0 unspecified atom stereocenters. The fourth-order valence-corrected chi connectivity index (χ4v) is 2.87. The zero-order valence-electron chi connectivity index (χ0n) is 13.2. The minimum Gasteiger partial charge on any atom is -0.373 e. The third kappa shape index (κ3) is 4.08. The number of hydrogen-bond donors (Lipinski definition) is 1. The first kappa shape index (κ1) is 15.5. The first-order chi connectivity index (χ1) is 10.7. The second-order valence-electron chi connectivity index (χ2n) is 6.41. The van der Waals surface area contributed by atoms with E-state index in [4.69, 9.17) is 9.47 Å². The molecule has 4 heteroatoms. The Bertz CT molecular complexity index is 486. The Labute approximate surface area is 132 Å². The van der Waals surface area contributed by atoms with Crippen molar-refractivity contribution in [3.05, 3.63) is 35.9 Å². The highest BCUT2D eigenvalue weighted by Crippen LogP contribution is 2.34. The van der Waals surface area contributed by atoms with Gasteiger partial charge in [0.1, 0.15) is 6.10 Å². The molecule has 1 saturated carbocycles. The van der Waals surface area contributed by atoms with Gasteiger partial charge in [0.25, 0.3) is 0 Å². The van der Waals surface area contributed by atoms with Crippen LogP contribution < -0.4 is 5.32 Å². The van der Waals surface area contributed by atoms with Crippen molar-refractivity contribution in [1.82, 2.24) is 5.32 Å². The number of ether oxygens (including phenoxy) is 2. The molecule has 2 fully saturated rings. The van der Waals surface area contributed by atoms with E-state index in [0.29, 0.717) is 25.0 Å². The smallest absolute Gasteiger partial charge is 0.248 e. The Morgan fingerprint density at radius 1 is 1.32 bits per heavy atom. The first-order valence-corrected chi connectivity index (χ1v) is 8.30. The van der Waals surface area contributed by atoms with Gasteiger partial charge in [0, 0.05) is 19.1 Å². The topological polar surface area (TPSA) is 47.6 Å². The van der Waals surface area contributed by atoms with Crippen molar-refractivity contribution in [1.29, 1.82) is 0 Å². The molecular formula is C18H25NO3. The number of nitrogens with one attached hydrogen (secondary N) is 1. The van der Waals surface area contributed by atoms with Crippen LogP contribution in [0.1, 0.15) is 37.9 Å². The lowest BCUT2D eigenvalue weighted by Gasteiger charge is -2.20. The van der Waals surface area contributed by atoms with E-state index in [0.717, 1.165) is 13.0 Å². The second kappa shape index (κ2) is 7.25. The van der Waals surface area contributed by atoms with E-state index in [-0.39, 0.29) is 18.1 Å². The van der Waals surface area contributed by atoms with Crippen molar-refractivity contribution in [2.24, 2.45) is 11.8 Å². The lowest BCUT2D eigenvalue weighted by Crippen LogP contribution is -2.38. The Balaban J connectivity index is 1.46. The van der Waals surface area contributed by atoms with Gasteiger partial charge in [-0.2, -0.15) is 0 Å². The first-order valence-electron chi connectivity index (χ1n) is 8.30. The van der Waals surface area contributed by atoms with Crippen molar-refractivity contribution < 1.29 is 14.3 Å². The second-order valence-corrected chi connectivity index (χ2v) is 6.41. The highest BCUT2D eigenvalue weighted by molar-refractivity contribution is 5.80. The molecule has 1 aliphatic heterocycles. The van der Waals surface area contributed by atoms with Crippen LogP contribution in [0.5, 0.6) is 0 Å². The van der Waals surface area contributed by atoms with Gasteiger partial charge < -0.3 is 14.8 Å². The molecule has 0 aromatic heterocycles. The fourth-order valence-electron chi connectivity index (χ4n) is 2.87. The summed E-state index contributed by atoms with van der Waals surface area (Å²) in [6.07, 6.45) is 3.19. The van der Waals surface area contributed by atoms with E-state index < -0.39 is 0 Å². The van der Waals surface area contributed by atoms with E-state index >= 15 is 0 Å². The Kier molecular flexibility index (Phi) is 5.11. The largest absolute Gasteiger partial charge is 0.373 e. The summed E-state index contributed by atoms with van der Waals surface area (Å²) >= 11 is 0. The lowest BCUT2D eigenvalue weighted by molar-refractivity contribution is -0.132. The van der Waals surface area contributed by atoms with Crippen molar-refractivity contribution >= 4 is 5.91 Å². The van der Waals surface area contributed by atoms with Gasteiger partial charge in [-0.25, -0.2) is 0 Å². The Morgan fingerprint density at radius 3 is 2.82 bits per heavy atom. The number of carbonyl (C=O) groups excluding carboxylic acids is 1. The highest BCUT2D eigenvalue weighted by atomic mass is 16.5. The van der Waals surface area contributed by atoms with E-state index in [1.54, 1.807) is 0 Å². The van der Waals surface area contributed by atoms with Crippen molar-refractivity contribution in [2.75, 3.05) is 19.8 Å². The van der Waals surface area contributed by atoms with Gasteiger partial charge in [0.2, 0.25) is 5.91 Å². The molecule has 1 aromatic carbocycles. The Morgan fingerprint density at radius 2 is 2.09 bits per heavy atom. The molecule has 0 bridgehead atoms. The van der Waals surface area contributed by atoms with Gasteiger partial charge in [-0.3, -0.25) is 4.79 Å². The fraction of sp³-hybridized carbons (Fsp3) is 0.611. The van der Waals surface area contributed by atoms with Crippen molar-refractivity contribution in [2.45, 2.75) is 38.4 Å². The summed E-state index contributed by atoms with van der Waals surface area (Å²) in [4.78, 5) is 12.1. The average Bonchev–Trinajstić information content (AvgIpc) is 3.27. The summed E-state index contributed by atoms with van der Waals surface area (Å²) in [6, 6.07) is 10.2. The average molecular weight is 303 g/mol. The van der Waals surface area contributed by atoms with Crippen molar-refractivity contribution in [3.63, 3.8) is 0 Å². The molecule has 0 radical (unpaired) electrons. The van der Waals surface area contributed by atoms with Crippen LogP contribution in [-0.4, -0.2) is 31.8 Å². The molecule has 3 rings (SSSR count). The molecule has 1 N–H and O–H groups in total. The van der Waals surface area contributed by atoms with Crippen LogP contribution in [0.15, 0.2) is 30.3 Å². The van der Waals surface area contributed by atoms with E-state index in [2.05, 4.69) is 17.4 Å². The monoisotopic (exact) mass is 303 g/mol. The van der Waals surface area contributed by atoms with Crippen LogP contribution in [0, 0.1) is 11.8 Å². The minimum absolute atomic E-state index is 0.0145. The maximum absolute atomic E-state index is 12.1. The standard InChI is InChI=1S/C18H25NO3/c1-13(22-12-14-7-8-14)18(20)19-11-16-9-10-21-17(16)15-5-3-2-4-6-15/h2-6,13-14,16-17H,7-12H2,1H3,(H,19,20)/t13-,16-,17-/m1/s1. The van der Waals surface area contributed by atoms with Crippen LogP contribution in [0.25, 0.3) is 0 Å². The maximum atomic E-state index is 12.1. The Hall–Kier alpha value is -1.39. The maximum Gasteiger partial charge on any atom is 0.248 e. The highest BCUT2D eigenvalue weighted by Gasteiger charge is 2.30. The molecule has 3 atom stereocenters. The van der Waals surface area contributed by atoms with E-state index in [9.17, 15) is 4.79 Å². The molecular weight excluding hydrogens is 278 g/mol. The summed E-state index contributed by atoms with van der Waals surface area (Å²) in [5, 5.41) is 3.02. The van der Waals surface area contributed by atoms with E-state index in [1.807, 2.05) is 25.1 Å². The molecule has 22 heavy (non-hydrogen) atoms. The predicted molar refractivity (Wildman–Crippen MR) is 84.4 cm³/mol. The predicted octanol–water partition coefficient (Wildman–Crippen LogP) is 2.70.